The number of benzene rings is 1. The Bertz CT molecular complexity index is 450. The van der Waals surface area contributed by atoms with E-state index < -0.39 is 0 Å². The molecule has 1 heterocycles. The van der Waals surface area contributed by atoms with Crippen molar-refractivity contribution in [2.24, 2.45) is 5.92 Å². The summed E-state index contributed by atoms with van der Waals surface area (Å²) in [5.74, 6) is 0.752. The van der Waals surface area contributed by atoms with Crippen molar-refractivity contribution < 1.29 is 0 Å². The summed E-state index contributed by atoms with van der Waals surface area (Å²) in [5, 5.41) is 4.27. The van der Waals surface area contributed by atoms with E-state index in [1.165, 1.54) is 25.1 Å². The second-order valence-corrected chi connectivity index (χ2v) is 6.67. The molecule has 1 aliphatic rings. The molecular formula is C17H28ClN3. The van der Waals surface area contributed by atoms with Crippen molar-refractivity contribution in [3.05, 3.63) is 28.8 Å². The van der Waals surface area contributed by atoms with E-state index in [1.54, 1.807) is 0 Å². The summed E-state index contributed by atoms with van der Waals surface area (Å²) in [6, 6.07) is 6.43. The van der Waals surface area contributed by atoms with Gasteiger partial charge in [-0.1, -0.05) is 24.6 Å². The van der Waals surface area contributed by atoms with E-state index in [9.17, 15) is 0 Å². The average molecular weight is 310 g/mol. The molecule has 118 valence electrons. The summed E-state index contributed by atoms with van der Waals surface area (Å²) in [7, 11) is 4.35. The third-order valence-corrected chi connectivity index (χ3v) is 4.50. The van der Waals surface area contributed by atoms with E-state index in [-0.39, 0.29) is 0 Å². The van der Waals surface area contributed by atoms with E-state index in [2.05, 4.69) is 54.3 Å². The standard InChI is InChI=1S/C17H28ClN3/c1-4-8-19-11-14-5-6-17(16(18)10-14)21(3)13-15-7-9-20(2)12-15/h5-6,10,15,19H,4,7-9,11-13H2,1-3H3. The fourth-order valence-corrected chi connectivity index (χ4v) is 3.39. The molecule has 0 spiro atoms. The first-order valence-electron chi connectivity index (χ1n) is 7.99. The van der Waals surface area contributed by atoms with Gasteiger partial charge in [0.2, 0.25) is 0 Å². The molecule has 0 radical (unpaired) electrons. The predicted octanol–water partition coefficient (Wildman–Crippen LogP) is 3.23. The lowest BCUT2D eigenvalue weighted by Crippen LogP contribution is -2.27. The van der Waals surface area contributed by atoms with Crippen LogP contribution in [-0.2, 0) is 6.54 Å². The summed E-state index contributed by atoms with van der Waals surface area (Å²) in [6.07, 6.45) is 2.45. The normalized spacial score (nSPS) is 19.1. The van der Waals surface area contributed by atoms with Gasteiger partial charge in [-0.15, -0.1) is 0 Å². The monoisotopic (exact) mass is 309 g/mol. The van der Waals surface area contributed by atoms with E-state index in [4.69, 9.17) is 11.6 Å². The molecule has 2 rings (SSSR count). The van der Waals surface area contributed by atoms with Gasteiger partial charge in [0.25, 0.3) is 0 Å². The Hall–Kier alpha value is -0.770. The molecule has 0 bridgehead atoms. The maximum atomic E-state index is 6.47. The lowest BCUT2D eigenvalue weighted by atomic mass is 10.1. The number of hydrogen-bond acceptors (Lipinski definition) is 3. The SMILES string of the molecule is CCCNCc1ccc(N(C)CC2CCN(C)C2)c(Cl)c1. The lowest BCUT2D eigenvalue weighted by molar-refractivity contribution is 0.396. The van der Waals surface area contributed by atoms with E-state index in [0.717, 1.165) is 42.7 Å². The summed E-state index contributed by atoms with van der Waals surface area (Å²) in [5.41, 5.74) is 2.40. The second-order valence-electron chi connectivity index (χ2n) is 6.26. The smallest absolute Gasteiger partial charge is 0.0642 e. The lowest BCUT2D eigenvalue weighted by Gasteiger charge is -2.24. The molecule has 1 fully saturated rings. The van der Waals surface area contributed by atoms with Crippen LogP contribution in [0.25, 0.3) is 0 Å². The zero-order valence-corrected chi connectivity index (χ0v) is 14.3. The topological polar surface area (TPSA) is 18.5 Å². The summed E-state index contributed by atoms with van der Waals surface area (Å²) in [6.45, 7) is 7.62. The molecule has 0 saturated carbocycles. The number of nitrogens with zero attached hydrogens (tertiary/aromatic N) is 2. The van der Waals surface area contributed by atoms with Gasteiger partial charge in [0.05, 0.1) is 10.7 Å². The molecule has 0 amide bonds. The average Bonchev–Trinajstić information content (AvgIpc) is 2.84. The van der Waals surface area contributed by atoms with Gasteiger partial charge < -0.3 is 15.1 Å². The van der Waals surface area contributed by atoms with Crippen molar-refractivity contribution in [3.8, 4) is 0 Å². The van der Waals surface area contributed by atoms with Crippen LogP contribution in [0.3, 0.4) is 0 Å². The number of nitrogens with one attached hydrogen (secondary N) is 1. The number of halogens is 1. The fourth-order valence-electron chi connectivity index (χ4n) is 3.04. The molecular weight excluding hydrogens is 282 g/mol. The van der Waals surface area contributed by atoms with Gasteiger partial charge in [-0.3, -0.25) is 0 Å². The highest BCUT2D eigenvalue weighted by molar-refractivity contribution is 6.33. The highest BCUT2D eigenvalue weighted by Gasteiger charge is 2.21. The van der Waals surface area contributed by atoms with Crippen molar-refractivity contribution in [3.63, 3.8) is 0 Å². The summed E-state index contributed by atoms with van der Waals surface area (Å²) < 4.78 is 0. The number of likely N-dealkylation sites (tertiary alicyclic amines) is 1. The highest BCUT2D eigenvalue weighted by Crippen LogP contribution is 2.28. The Labute approximate surface area is 134 Å². The molecule has 4 heteroatoms. The van der Waals surface area contributed by atoms with Gasteiger partial charge in [-0.2, -0.15) is 0 Å². The molecule has 1 aromatic carbocycles. The molecule has 0 aliphatic carbocycles. The van der Waals surface area contributed by atoms with E-state index >= 15 is 0 Å². The Morgan fingerprint density at radius 2 is 2.24 bits per heavy atom. The van der Waals surface area contributed by atoms with Crippen LogP contribution in [0, 0.1) is 5.92 Å². The maximum Gasteiger partial charge on any atom is 0.0642 e. The molecule has 1 saturated heterocycles. The first-order chi connectivity index (χ1) is 10.1. The second kappa shape index (κ2) is 8.02. The quantitative estimate of drug-likeness (QED) is 0.780. The third-order valence-electron chi connectivity index (χ3n) is 4.20. The van der Waals surface area contributed by atoms with Gasteiger partial charge in [-0.05, 0) is 56.6 Å². The van der Waals surface area contributed by atoms with Crippen LogP contribution in [0.4, 0.5) is 5.69 Å². The van der Waals surface area contributed by atoms with E-state index in [0.29, 0.717) is 0 Å². The van der Waals surface area contributed by atoms with Crippen LogP contribution in [0.2, 0.25) is 5.02 Å². The van der Waals surface area contributed by atoms with Gasteiger partial charge >= 0.3 is 0 Å². The van der Waals surface area contributed by atoms with Gasteiger partial charge in [-0.25, -0.2) is 0 Å². The Morgan fingerprint density at radius 1 is 1.43 bits per heavy atom. The Balaban J connectivity index is 1.92. The summed E-state index contributed by atoms with van der Waals surface area (Å²) in [4.78, 5) is 4.71. The molecule has 21 heavy (non-hydrogen) atoms. The zero-order chi connectivity index (χ0) is 15.2. The molecule has 0 aromatic heterocycles. The first-order valence-corrected chi connectivity index (χ1v) is 8.36. The molecule has 1 aromatic rings. The molecule has 1 atom stereocenters. The first kappa shape index (κ1) is 16.6. The predicted molar refractivity (Wildman–Crippen MR) is 92.3 cm³/mol. The van der Waals surface area contributed by atoms with Crippen molar-refractivity contribution >= 4 is 17.3 Å². The van der Waals surface area contributed by atoms with Crippen LogP contribution in [-0.4, -0.2) is 45.2 Å². The van der Waals surface area contributed by atoms with Crippen LogP contribution < -0.4 is 10.2 Å². The highest BCUT2D eigenvalue weighted by atomic mass is 35.5. The van der Waals surface area contributed by atoms with Crippen LogP contribution in [0.5, 0.6) is 0 Å². The minimum absolute atomic E-state index is 0.752. The number of hydrogen-bond donors (Lipinski definition) is 1. The fraction of sp³-hybridized carbons (Fsp3) is 0.647. The van der Waals surface area contributed by atoms with Crippen molar-refractivity contribution in [1.82, 2.24) is 10.2 Å². The minimum atomic E-state index is 0.752. The van der Waals surface area contributed by atoms with Crippen LogP contribution in [0.1, 0.15) is 25.3 Å². The van der Waals surface area contributed by atoms with E-state index in [1.807, 2.05) is 0 Å². The summed E-state index contributed by atoms with van der Waals surface area (Å²) >= 11 is 6.47. The number of anilines is 1. The van der Waals surface area contributed by atoms with Crippen LogP contribution >= 0.6 is 11.6 Å². The molecule has 1 N–H and O–H groups in total. The van der Waals surface area contributed by atoms with Gasteiger partial charge in [0.1, 0.15) is 0 Å². The van der Waals surface area contributed by atoms with Crippen molar-refractivity contribution in [2.75, 3.05) is 45.2 Å². The number of rotatable bonds is 7. The maximum absolute atomic E-state index is 6.47. The van der Waals surface area contributed by atoms with Crippen molar-refractivity contribution in [1.29, 1.82) is 0 Å². The van der Waals surface area contributed by atoms with Crippen LogP contribution in [0.15, 0.2) is 18.2 Å². The molecule has 1 aliphatic heterocycles. The Kier molecular flexibility index (Phi) is 6.34. The molecule has 1 unspecified atom stereocenters. The van der Waals surface area contributed by atoms with Crippen molar-refractivity contribution in [2.45, 2.75) is 26.3 Å². The minimum Gasteiger partial charge on any atom is -0.373 e. The molecule has 3 nitrogen and oxygen atoms in total. The Morgan fingerprint density at radius 3 is 2.86 bits per heavy atom. The zero-order valence-electron chi connectivity index (χ0n) is 13.5. The third kappa shape index (κ3) is 4.87. The largest absolute Gasteiger partial charge is 0.373 e. The van der Waals surface area contributed by atoms with Gasteiger partial charge in [0, 0.05) is 26.7 Å². The van der Waals surface area contributed by atoms with Gasteiger partial charge in [0.15, 0.2) is 0 Å².